The summed E-state index contributed by atoms with van der Waals surface area (Å²) in [6.45, 7) is 4.19. The number of thiophene rings is 1. The number of aryl methyl sites for hydroxylation is 2. The minimum absolute atomic E-state index is 0.244. The number of nitrogens with zero attached hydrogens (tertiary/aromatic N) is 2. The molecule has 0 saturated heterocycles. The second-order valence-electron chi connectivity index (χ2n) is 6.51. The van der Waals surface area contributed by atoms with Crippen molar-refractivity contribution in [2.75, 3.05) is 5.32 Å². The van der Waals surface area contributed by atoms with E-state index in [9.17, 15) is 4.79 Å². The largest absolute Gasteiger partial charge is 0.457 e. The van der Waals surface area contributed by atoms with Crippen molar-refractivity contribution in [3.05, 3.63) is 82.5 Å². The molecule has 0 aliphatic carbocycles. The van der Waals surface area contributed by atoms with Crippen molar-refractivity contribution in [2.45, 2.75) is 20.5 Å². The summed E-state index contributed by atoms with van der Waals surface area (Å²) in [5, 5.41) is 4.18. The summed E-state index contributed by atoms with van der Waals surface area (Å²) in [5.74, 6) is 0.343. The first-order chi connectivity index (χ1) is 13.6. The SMILES string of the molecule is Cc1ccc(Nc2ncnc3sc(C(=O)OCc4ccccc4)c(C)c23)cc1. The van der Waals surface area contributed by atoms with Crippen molar-refractivity contribution < 1.29 is 9.53 Å². The van der Waals surface area contributed by atoms with Gasteiger partial charge in [-0.1, -0.05) is 48.0 Å². The highest BCUT2D eigenvalue weighted by Crippen LogP contribution is 2.35. The van der Waals surface area contributed by atoms with Gasteiger partial charge < -0.3 is 10.1 Å². The predicted octanol–water partition coefficient (Wildman–Crippen LogP) is 5.41. The lowest BCUT2D eigenvalue weighted by molar-refractivity contribution is 0.0478. The lowest BCUT2D eigenvalue weighted by Gasteiger charge is -2.08. The van der Waals surface area contributed by atoms with Crippen molar-refractivity contribution in [1.82, 2.24) is 9.97 Å². The molecule has 0 fully saturated rings. The van der Waals surface area contributed by atoms with Gasteiger partial charge in [-0.05, 0) is 37.1 Å². The fraction of sp³-hybridized carbons (Fsp3) is 0.136. The minimum atomic E-state index is -0.342. The average Bonchev–Trinajstić information content (AvgIpc) is 3.06. The highest BCUT2D eigenvalue weighted by atomic mass is 32.1. The van der Waals surface area contributed by atoms with Gasteiger partial charge in [-0.15, -0.1) is 11.3 Å². The fourth-order valence-corrected chi connectivity index (χ4v) is 3.97. The maximum absolute atomic E-state index is 12.6. The second kappa shape index (κ2) is 7.78. The van der Waals surface area contributed by atoms with E-state index in [-0.39, 0.29) is 12.6 Å². The van der Waals surface area contributed by atoms with Crippen molar-refractivity contribution >= 4 is 39.0 Å². The molecule has 140 valence electrons. The van der Waals surface area contributed by atoms with Crippen molar-refractivity contribution in [3.8, 4) is 0 Å². The van der Waals surface area contributed by atoms with E-state index in [1.54, 1.807) is 0 Å². The number of carbonyl (C=O) groups excluding carboxylic acids is 1. The number of hydrogen-bond donors (Lipinski definition) is 1. The van der Waals surface area contributed by atoms with Crippen LogP contribution >= 0.6 is 11.3 Å². The van der Waals surface area contributed by atoms with Crippen LogP contribution in [0.25, 0.3) is 10.2 Å². The van der Waals surface area contributed by atoms with Gasteiger partial charge in [0.15, 0.2) is 0 Å². The van der Waals surface area contributed by atoms with Gasteiger partial charge in [-0.25, -0.2) is 14.8 Å². The molecule has 0 amide bonds. The van der Waals surface area contributed by atoms with Gasteiger partial charge >= 0.3 is 5.97 Å². The number of ether oxygens (including phenoxy) is 1. The molecule has 2 heterocycles. The molecule has 6 heteroatoms. The standard InChI is InChI=1S/C22H19N3O2S/c1-14-8-10-17(11-9-14)25-20-18-15(2)19(28-21(18)24-13-23-20)22(26)27-12-16-6-4-3-5-7-16/h3-11,13H,12H2,1-2H3,(H,23,24,25). The molecule has 0 radical (unpaired) electrons. The summed E-state index contributed by atoms with van der Waals surface area (Å²) in [7, 11) is 0. The third-order valence-electron chi connectivity index (χ3n) is 4.44. The summed E-state index contributed by atoms with van der Waals surface area (Å²) >= 11 is 1.33. The van der Waals surface area contributed by atoms with Gasteiger partial charge in [0.2, 0.25) is 0 Å². The molecule has 0 saturated carbocycles. The van der Waals surface area contributed by atoms with Gasteiger partial charge in [-0.3, -0.25) is 0 Å². The van der Waals surface area contributed by atoms with E-state index in [0.29, 0.717) is 10.7 Å². The van der Waals surface area contributed by atoms with Crippen LogP contribution in [-0.4, -0.2) is 15.9 Å². The lowest BCUT2D eigenvalue weighted by atomic mass is 10.2. The van der Waals surface area contributed by atoms with Crippen LogP contribution in [0, 0.1) is 13.8 Å². The Labute approximate surface area is 167 Å². The van der Waals surface area contributed by atoms with Gasteiger partial charge in [0.25, 0.3) is 0 Å². The van der Waals surface area contributed by atoms with E-state index in [1.807, 2.05) is 68.4 Å². The zero-order valence-corrected chi connectivity index (χ0v) is 16.4. The van der Waals surface area contributed by atoms with Gasteiger partial charge in [0.05, 0.1) is 5.39 Å². The zero-order valence-electron chi connectivity index (χ0n) is 15.6. The van der Waals surface area contributed by atoms with E-state index in [2.05, 4.69) is 15.3 Å². The molecule has 2 aromatic carbocycles. The van der Waals surface area contributed by atoms with Crippen molar-refractivity contribution in [2.24, 2.45) is 0 Å². The van der Waals surface area contributed by atoms with Crippen LogP contribution in [-0.2, 0) is 11.3 Å². The number of fused-ring (bicyclic) bond motifs is 1. The summed E-state index contributed by atoms with van der Waals surface area (Å²) in [4.78, 5) is 22.7. The molecule has 2 aromatic heterocycles. The normalized spacial score (nSPS) is 10.8. The highest BCUT2D eigenvalue weighted by Gasteiger charge is 2.20. The number of hydrogen-bond acceptors (Lipinski definition) is 6. The van der Waals surface area contributed by atoms with E-state index in [1.165, 1.54) is 23.2 Å². The first-order valence-electron chi connectivity index (χ1n) is 8.90. The Morgan fingerprint density at radius 3 is 2.54 bits per heavy atom. The third-order valence-corrected chi connectivity index (χ3v) is 5.62. The van der Waals surface area contributed by atoms with E-state index in [4.69, 9.17) is 4.74 Å². The van der Waals surface area contributed by atoms with Crippen LogP contribution in [0.3, 0.4) is 0 Å². The van der Waals surface area contributed by atoms with Gasteiger partial charge in [0, 0.05) is 5.69 Å². The Morgan fingerprint density at radius 1 is 1.04 bits per heavy atom. The van der Waals surface area contributed by atoms with Crippen LogP contribution in [0.4, 0.5) is 11.5 Å². The maximum Gasteiger partial charge on any atom is 0.349 e. The molecule has 1 N–H and O–H groups in total. The van der Waals surface area contributed by atoms with E-state index >= 15 is 0 Å². The number of anilines is 2. The van der Waals surface area contributed by atoms with Crippen LogP contribution in [0.5, 0.6) is 0 Å². The Bertz CT molecular complexity index is 1120. The highest BCUT2D eigenvalue weighted by molar-refractivity contribution is 7.20. The summed E-state index contributed by atoms with van der Waals surface area (Å²) in [6, 6.07) is 17.7. The lowest BCUT2D eigenvalue weighted by Crippen LogP contribution is -2.04. The molecule has 0 unspecified atom stereocenters. The fourth-order valence-electron chi connectivity index (χ4n) is 2.92. The predicted molar refractivity (Wildman–Crippen MR) is 112 cm³/mol. The van der Waals surface area contributed by atoms with Crippen LogP contribution in [0.1, 0.15) is 26.4 Å². The molecule has 4 rings (SSSR count). The Morgan fingerprint density at radius 2 is 1.79 bits per heavy atom. The number of benzene rings is 2. The molecular formula is C22H19N3O2S. The summed E-state index contributed by atoms with van der Waals surface area (Å²) in [5.41, 5.74) is 3.90. The van der Waals surface area contributed by atoms with Crippen molar-refractivity contribution in [3.63, 3.8) is 0 Å². The number of rotatable bonds is 5. The molecule has 0 aliphatic heterocycles. The quantitative estimate of drug-likeness (QED) is 0.463. The molecule has 4 aromatic rings. The van der Waals surface area contributed by atoms with Crippen LogP contribution < -0.4 is 5.32 Å². The van der Waals surface area contributed by atoms with Gasteiger partial charge in [0.1, 0.15) is 28.5 Å². The number of carbonyl (C=O) groups is 1. The number of nitrogens with one attached hydrogen (secondary N) is 1. The first-order valence-corrected chi connectivity index (χ1v) is 9.72. The Kier molecular flexibility index (Phi) is 5.04. The zero-order chi connectivity index (χ0) is 19.5. The molecule has 0 bridgehead atoms. The Balaban J connectivity index is 1.61. The van der Waals surface area contributed by atoms with Crippen LogP contribution in [0.2, 0.25) is 0 Å². The Hall–Kier alpha value is -3.25. The first kappa shape index (κ1) is 18.1. The summed E-state index contributed by atoms with van der Waals surface area (Å²) < 4.78 is 5.50. The number of aromatic nitrogens is 2. The molecule has 5 nitrogen and oxygen atoms in total. The maximum atomic E-state index is 12.6. The third kappa shape index (κ3) is 3.73. The molecule has 0 atom stereocenters. The van der Waals surface area contributed by atoms with Crippen molar-refractivity contribution in [1.29, 1.82) is 0 Å². The second-order valence-corrected chi connectivity index (χ2v) is 7.51. The van der Waals surface area contributed by atoms with Gasteiger partial charge in [-0.2, -0.15) is 0 Å². The van der Waals surface area contributed by atoms with E-state index < -0.39 is 0 Å². The average molecular weight is 389 g/mol. The van der Waals surface area contributed by atoms with Crippen LogP contribution in [0.15, 0.2) is 60.9 Å². The monoisotopic (exact) mass is 389 g/mol. The molecule has 0 aliphatic rings. The summed E-state index contributed by atoms with van der Waals surface area (Å²) in [6.07, 6.45) is 1.51. The minimum Gasteiger partial charge on any atom is -0.457 e. The molecular weight excluding hydrogens is 370 g/mol. The van der Waals surface area contributed by atoms with E-state index in [0.717, 1.165) is 27.0 Å². The number of esters is 1. The molecule has 0 spiro atoms. The topological polar surface area (TPSA) is 64.1 Å². The molecule has 28 heavy (non-hydrogen) atoms. The smallest absolute Gasteiger partial charge is 0.349 e.